The monoisotopic (exact) mass is 729 g/mol. The zero-order chi connectivity index (χ0) is 37.0. The molecule has 0 N–H and O–H groups in total. The quantitative estimate of drug-likeness (QED) is 0.154. The molecule has 0 radical (unpaired) electrons. The van der Waals surface area contributed by atoms with Crippen molar-refractivity contribution in [1.29, 1.82) is 0 Å². The van der Waals surface area contributed by atoms with Crippen molar-refractivity contribution in [3.63, 3.8) is 0 Å². The van der Waals surface area contributed by atoms with Crippen LogP contribution in [0.15, 0.2) is 212 Å². The molecule has 1 heterocycles. The van der Waals surface area contributed by atoms with Crippen molar-refractivity contribution in [3.8, 4) is 33.4 Å². The van der Waals surface area contributed by atoms with Gasteiger partial charge in [0.25, 0.3) is 0 Å². The molecular weight excluding hydrogens is 695 g/mol. The van der Waals surface area contributed by atoms with Gasteiger partial charge in [0.1, 0.15) is 0 Å². The van der Waals surface area contributed by atoms with Gasteiger partial charge in [-0.05, 0) is 96.7 Å². The van der Waals surface area contributed by atoms with Gasteiger partial charge < -0.3 is 4.90 Å². The third-order valence-electron chi connectivity index (χ3n) is 11.2. The summed E-state index contributed by atoms with van der Waals surface area (Å²) in [6, 6.07) is 77.8. The molecule has 11 aromatic rings. The molecule has 0 bridgehead atoms. The molecule has 2 heteroatoms. The third-order valence-corrected chi connectivity index (χ3v) is 12.4. The van der Waals surface area contributed by atoms with E-state index in [1.165, 1.54) is 85.9 Å². The summed E-state index contributed by atoms with van der Waals surface area (Å²) in [4.78, 5) is 2.46. The Morgan fingerprint density at radius 2 is 0.875 bits per heavy atom. The number of anilines is 3. The van der Waals surface area contributed by atoms with Crippen LogP contribution < -0.4 is 4.90 Å². The fourth-order valence-electron chi connectivity index (χ4n) is 8.75. The highest BCUT2D eigenvalue weighted by atomic mass is 32.1. The summed E-state index contributed by atoms with van der Waals surface area (Å²) in [6.45, 7) is 0. The van der Waals surface area contributed by atoms with E-state index in [4.69, 9.17) is 0 Å². The minimum absolute atomic E-state index is 1.11. The number of hydrogen-bond acceptors (Lipinski definition) is 2. The predicted molar refractivity (Wildman–Crippen MR) is 243 cm³/mol. The highest BCUT2D eigenvalue weighted by Gasteiger charge is 2.22. The number of hydrogen-bond donors (Lipinski definition) is 0. The summed E-state index contributed by atoms with van der Waals surface area (Å²) < 4.78 is 2.64. The van der Waals surface area contributed by atoms with E-state index in [0.29, 0.717) is 0 Å². The van der Waals surface area contributed by atoms with Crippen LogP contribution in [0.3, 0.4) is 0 Å². The van der Waals surface area contributed by atoms with Crippen LogP contribution >= 0.6 is 11.3 Å². The highest BCUT2D eigenvalue weighted by molar-refractivity contribution is 7.26. The molecule has 10 aromatic carbocycles. The average molecular weight is 730 g/mol. The number of fused-ring (bicyclic) bond motifs is 7. The van der Waals surface area contributed by atoms with Gasteiger partial charge >= 0.3 is 0 Å². The van der Waals surface area contributed by atoms with E-state index in [0.717, 1.165) is 17.1 Å². The predicted octanol–water partition coefficient (Wildman–Crippen LogP) is 16.0. The zero-order valence-electron chi connectivity index (χ0n) is 30.6. The topological polar surface area (TPSA) is 3.24 Å². The Kier molecular flexibility index (Phi) is 7.75. The molecule has 0 aliphatic carbocycles. The lowest BCUT2D eigenvalue weighted by Gasteiger charge is -2.28. The van der Waals surface area contributed by atoms with E-state index < -0.39 is 0 Å². The van der Waals surface area contributed by atoms with Crippen LogP contribution in [0, 0.1) is 0 Å². The van der Waals surface area contributed by atoms with E-state index in [2.05, 4.69) is 217 Å². The van der Waals surface area contributed by atoms with Crippen molar-refractivity contribution < 1.29 is 0 Å². The van der Waals surface area contributed by atoms with E-state index in [-0.39, 0.29) is 0 Å². The summed E-state index contributed by atoms with van der Waals surface area (Å²) in [7, 11) is 0. The first-order chi connectivity index (χ1) is 27.8. The van der Waals surface area contributed by atoms with Crippen LogP contribution in [-0.4, -0.2) is 0 Å². The van der Waals surface area contributed by atoms with Crippen LogP contribution in [0.25, 0.3) is 85.9 Å². The van der Waals surface area contributed by atoms with E-state index in [1.807, 2.05) is 11.3 Å². The molecule has 0 saturated carbocycles. The Hall–Kier alpha value is -7.00. The molecule has 56 heavy (non-hydrogen) atoms. The lowest BCUT2D eigenvalue weighted by molar-refractivity contribution is 1.30. The maximum Gasteiger partial charge on any atom is 0.0540 e. The SMILES string of the molecule is c1ccc(-c2c(-c3ccccc3)c3cc(N(c4cccc(-c5cccc6c5sc5ccccc56)c4)c4cccc5ccccc45)ccc3c3ccccc23)cc1. The van der Waals surface area contributed by atoms with Gasteiger partial charge in [0.15, 0.2) is 0 Å². The molecular formula is C54H35NS. The maximum atomic E-state index is 2.46. The van der Waals surface area contributed by atoms with Gasteiger partial charge in [0.2, 0.25) is 0 Å². The van der Waals surface area contributed by atoms with Crippen LogP contribution in [0.2, 0.25) is 0 Å². The summed E-state index contributed by atoms with van der Waals surface area (Å²) in [6.07, 6.45) is 0. The molecule has 1 nitrogen and oxygen atoms in total. The first kappa shape index (κ1) is 32.4. The molecule has 11 rings (SSSR count). The molecule has 0 saturated heterocycles. The van der Waals surface area contributed by atoms with Crippen molar-refractivity contribution >= 4 is 80.9 Å². The lowest BCUT2D eigenvalue weighted by atomic mass is 9.85. The number of rotatable bonds is 6. The normalized spacial score (nSPS) is 11.6. The van der Waals surface area contributed by atoms with E-state index in [1.54, 1.807) is 0 Å². The van der Waals surface area contributed by atoms with Gasteiger partial charge in [-0.1, -0.05) is 176 Å². The molecule has 0 aliphatic rings. The van der Waals surface area contributed by atoms with Crippen molar-refractivity contribution in [1.82, 2.24) is 0 Å². The van der Waals surface area contributed by atoms with Gasteiger partial charge in [-0.3, -0.25) is 0 Å². The standard InChI is InChI=1S/C54H35NS/c1-3-17-37(18-4-1)52-47-27-10-9-25-44(47)45-33-32-41(35-49(45)53(52)38-19-5-2-6-20-38)55(50-30-14-21-36-16-7-8-24-42(36)50)40-23-13-22-39(34-40)43-28-15-29-48-46-26-11-12-31-51(46)56-54(43)48/h1-35H. The fourth-order valence-corrected chi connectivity index (χ4v) is 9.98. The fraction of sp³-hybridized carbons (Fsp3) is 0. The summed E-state index contributed by atoms with van der Waals surface area (Å²) >= 11 is 1.88. The van der Waals surface area contributed by atoms with Crippen LogP contribution in [0.4, 0.5) is 17.1 Å². The van der Waals surface area contributed by atoms with Gasteiger partial charge in [0, 0.05) is 36.9 Å². The lowest BCUT2D eigenvalue weighted by Crippen LogP contribution is -2.10. The van der Waals surface area contributed by atoms with Gasteiger partial charge in [-0.2, -0.15) is 0 Å². The summed E-state index contributed by atoms with van der Waals surface area (Å²) in [5, 5.41) is 10.0. The zero-order valence-corrected chi connectivity index (χ0v) is 31.4. The van der Waals surface area contributed by atoms with Crippen LogP contribution in [0.5, 0.6) is 0 Å². The summed E-state index contributed by atoms with van der Waals surface area (Å²) in [5.41, 5.74) is 10.7. The van der Waals surface area contributed by atoms with E-state index in [9.17, 15) is 0 Å². The maximum absolute atomic E-state index is 2.46. The van der Waals surface area contributed by atoms with Crippen molar-refractivity contribution in [3.05, 3.63) is 212 Å². The number of benzene rings is 10. The first-order valence-corrected chi connectivity index (χ1v) is 20.0. The minimum atomic E-state index is 1.11. The second-order valence-electron chi connectivity index (χ2n) is 14.4. The summed E-state index contributed by atoms with van der Waals surface area (Å²) in [5.74, 6) is 0. The smallest absolute Gasteiger partial charge is 0.0540 e. The Morgan fingerprint density at radius 3 is 1.68 bits per heavy atom. The van der Waals surface area contributed by atoms with Crippen LogP contribution in [0.1, 0.15) is 0 Å². The van der Waals surface area contributed by atoms with Crippen LogP contribution in [-0.2, 0) is 0 Å². The van der Waals surface area contributed by atoms with Gasteiger partial charge in [0.05, 0.1) is 5.69 Å². The largest absolute Gasteiger partial charge is 0.310 e. The van der Waals surface area contributed by atoms with Crippen molar-refractivity contribution in [2.45, 2.75) is 0 Å². The highest BCUT2D eigenvalue weighted by Crippen LogP contribution is 2.48. The van der Waals surface area contributed by atoms with Gasteiger partial charge in [-0.15, -0.1) is 11.3 Å². The van der Waals surface area contributed by atoms with Crippen molar-refractivity contribution in [2.75, 3.05) is 4.90 Å². The molecule has 262 valence electrons. The second-order valence-corrected chi connectivity index (χ2v) is 15.5. The Labute approximate surface area is 330 Å². The molecule has 0 unspecified atom stereocenters. The second kappa shape index (κ2) is 13.4. The molecule has 0 amide bonds. The average Bonchev–Trinajstić information content (AvgIpc) is 3.66. The van der Waals surface area contributed by atoms with Gasteiger partial charge in [-0.25, -0.2) is 0 Å². The van der Waals surface area contributed by atoms with E-state index >= 15 is 0 Å². The number of nitrogens with zero attached hydrogens (tertiary/aromatic N) is 1. The Morgan fingerprint density at radius 1 is 0.321 bits per heavy atom. The third kappa shape index (κ3) is 5.30. The molecule has 0 atom stereocenters. The molecule has 0 spiro atoms. The first-order valence-electron chi connectivity index (χ1n) is 19.2. The Bertz CT molecular complexity index is 3250. The molecule has 0 fully saturated rings. The minimum Gasteiger partial charge on any atom is -0.310 e. The molecule has 1 aromatic heterocycles. The molecule has 0 aliphatic heterocycles. The Balaban J connectivity index is 1.20. The number of thiophene rings is 1. The van der Waals surface area contributed by atoms with Crippen molar-refractivity contribution in [2.24, 2.45) is 0 Å².